The number of sulfonamides is 1. The predicted molar refractivity (Wildman–Crippen MR) is 136 cm³/mol. The molecule has 0 bridgehead atoms. The lowest BCUT2D eigenvalue weighted by Crippen LogP contribution is -2.14. The number of anilines is 1. The summed E-state index contributed by atoms with van der Waals surface area (Å²) in [5.74, 6) is 0. The molecule has 0 radical (unpaired) electrons. The van der Waals surface area contributed by atoms with Crippen molar-refractivity contribution in [1.82, 2.24) is 0 Å². The Morgan fingerprint density at radius 1 is 0.727 bits per heavy atom. The third kappa shape index (κ3) is 4.35. The summed E-state index contributed by atoms with van der Waals surface area (Å²) in [4.78, 5) is 0.276. The molecule has 0 saturated heterocycles. The molecule has 33 heavy (non-hydrogen) atoms. The molecular formula is C29H25NO2S. The largest absolute Gasteiger partial charge is 0.280 e. The first-order valence-electron chi connectivity index (χ1n) is 11.1. The van der Waals surface area contributed by atoms with Gasteiger partial charge in [0.05, 0.1) is 4.90 Å². The van der Waals surface area contributed by atoms with E-state index in [2.05, 4.69) is 41.1 Å². The number of benzene rings is 4. The number of aryl methyl sites for hydroxylation is 3. The maximum Gasteiger partial charge on any atom is 0.262 e. The summed E-state index contributed by atoms with van der Waals surface area (Å²) in [6.07, 6.45) is 3.94. The van der Waals surface area contributed by atoms with Crippen LogP contribution < -0.4 is 4.72 Å². The van der Waals surface area contributed by atoms with Gasteiger partial charge < -0.3 is 0 Å². The van der Waals surface area contributed by atoms with E-state index in [4.69, 9.17) is 0 Å². The number of nitrogens with one attached hydrogen (secondary N) is 1. The molecule has 164 valence electrons. The molecule has 1 aliphatic carbocycles. The number of para-hydroxylation sites is 1. The van der Waals surface area contributed by atoms with Crippen LogP contribution in [0.5, 0.6) is 0 Å². The minimum Gasteiger partial charge on any atom is -0.280 e. The maximum atomic E-state index is 13.4. The van der Waals surface area contributed by atoms with Gasteiger partial charge in [-0.2, -0.15) is 0 Å². The van der Waals surface area contributed by atoms with Gasteiger partial charge in [-0.1, -0.05) is 78.9 Å². The van der Waals surface area contributed by atoms with Gasteiger partial charge in [-0.15, -0.1) is 0 Å². The molecule has 5 rings (SSSR count). The highest BCUT2D eigenvalue weighted by atomic mass is 32.2. The first kappa shape index (κ1) is 21.2. The topological polar surface area (TPSA) is 46.2 Å². The van der Waals surface area contributed by atoms with Crippen molar-refractivity contribution >= 4 is 27.4 Å². The van der Waals surface area contributed by atoms with Crippen LogP contribution in [-0.4, -0.2) is 8.42 Å². The zero-order chi connectivity index (χ0) is 22.8. The van der Waals surface area contributed by atoms with E-state index in [9.17, 15) is 8.42 Å². The SMILES string of the molecule is Cc1ccc(C=C2c3ccccc3CCc3ccccc32)c(S(=O)(=O)Nc2ccccc2)c1. The van der Waals surface area contributed by atoms with Crippen LogP contribution in [0.4, 0.5) is 5.69 Å². The van der Waals surface area contributed by atoms with Crippen LogP contribution in [-0.2, 0) is 22.9 Å². The van der Waals surface area contributed by atoms with Gasteiger partial charge in [0, 0.05) is 5.69 Å². The molecule has 0 amide bonds. The average molecular weight is 452 g/mol. The Bertz CT molecular complexity index is 1400. The van der Waals surface area contributed by atoms with E-state index < -0.39 is 10.0 Å². The molecule has 0 aromatic heterocycles. The standard InChI is InChI=1S/C29H25NO2S/c1-21-15-16-24(29(19-21)33(31,32)30-25-11-3-2-4-12-25)20-28-26-13-7-5-9-22(26)17-18-23-10-6-8-14-27(23)28/h2-16,19-20,30H,17-18H2,1H3. The zero-order valence-electron chi connectivity index (χ0n) is 18.5. The molecule has 1 aliphatic rings. The number of hydrogen-bond acceptors (Lipinski definition) is 2. The van der Waals surface area contributed by atoms with Gasteiger partial charge in [0.1, 0.15) is 0 Å². The fourth-order valence-electron chi connectivity index (χ4n) is 4.44. The lowest BCUT2D eigenvalue weighted by atomic mass is 9.92. The Balaban J connectivity index is 1.70. The Morgan fingerprint density at radius 2 is 1.30 bits per heavy atom. The minimum atomic E-state index is -3.78. The van der Waals surface area contributed by atoms with Crippen molar-refractivity contribution in [1.29, 1.82) is 0 Å². The number of fused-ring (bicyclic) bond motifs is 2. The molecule has 4 heteroatoms. The first-order chi connectivity index (χ1) is 16.0. The molecule has 4 aromatic rings. The van der Waals surface area contributed by atoms with Gasteiger partial charge in [0.15, 0.2) is 0 Å². The summed E-state index contributed by atoms with van der Waals surface area (Å²) >= 11 is 0. The van der Waals surface area contributed by atoms with E-state index in [1.54, 1.807) is 18.2 Å². The van der Waals surface area contributed by atoms with Crippen LogP contribution in [0, 0.1) is 6.92 Å². The molecule has 0 saturated carbocycles. The minimum absolute atomic E-state index is 0.276. The van der Waals surface area contributed by atoms with Crippen molar-refractivity contribution in [2.24, 2.45) is 0 Å². The predicted octanol–water partition coefficient (Wildman–Crippen LogP) is 6.48. The van der Waals surface area contributed by atoms with E-state index in [1.807, 2.05) is 55.5 Å². The monoisotopic (exact) mass is 451 g/mol. The third-order valence-electron chi connectivity index (χ3n) is 6.06. The fourth-order valence-corrected chi connectivity index (χ4v) is 5.77. The first-order valence-corrected chi connectivity index (χ1v) is 12.6. The van der Waals surface area contributed by atoms with Crippen LogP contribution in [0.3, 0.4) is 0 Å². The molecule has 0 unspecified atom stereocenters. The van der Waals surface area contributed by atoms with E-state index in [1.165, 1.54) is 11.1 Å². The summed E-state index contributed by atoms with van der Waals surface area (Å²) in [7, 11) is -3.78. The van der Waals surface area contributed by atoms with Gasteiger partial charge >= 0.3 is 0 Å². The molecule has 4 aromatic carbocycles. The van der Waals surface area contributed by atoms with Crippen molar-refractivity contribution in [2.75, 3.05) is 4.72 Å². The van der Waals surface area contributed by atoms with E-state index in [0.717, 1.165) is 35.1 Å². The van der Waals surface area contributed by atoms with Gasteiger partial charge in [-0.3, -0.25) is 4.72 Å². The highest BCUT2D eigenvalue weighted by Crippen LogP contribution is 2.36. The molecule has 1 N–H and O–H groups in total. The Kier molecular flexibility index (Phi) is 5.61. The molecule has 0 atom stereocenters. The summed E-state index contributed by atoms with van der Waals surface area (Å²) in [6.45, 7) is 1.91. The average Bonchev–Trinajstić information content (AvgIpc) is 2.98. The smallest absolute Gasteiger partial charge is 0.262 e. The zero-order valence-corrected chi connectivity index (χ0v) is 19.3. The highest BCUT2D eigenvalue weighted by molar-refractivity contribution is 7.92. The number of rotatable bonds is 4. The van der Waals surface area contributed by atoms with Crippen LogP contribution in [0.1, 0.15) is 33.4 Å². The maximum absolute atomic E-state index is 13.4. The fraction of sp³-hybridized carbons (Fsp3) is 0.103. The normalized spacial score (nSPS) is 12.9. The lowest BCUT2D eigenvalue weighted by molar-refractivity contribution is 0.601. The quantitative estimate of drug-likeness (QED) is 0.386. The van der Waals surface area contributed by atoms with Crippen molar-refractivity contribution in [2.45, 2.75) is 24.7 Å². The molecule has 0 fully saturated rings. The van der Waals surface area contributed by atoms with Crippen LogP contribution in [0.25, 0.3) is 11.6 Å². The second kappa shape index (κ2) is 8.72. The van der Waals surface area contributed by atoms with Crippen LogP contribution >= 0.6 is 0 Å². The van der Waals surface area contributed by atoms with Gasteiger partial charge in [-0.25, -0.2) is 8.42 Å². The summed E-state index contributed by atoms with van der Waals surface area (Å²) in [6, 6.07) is 31.4. The third-order valence-corrected chi connectivity index (χ3v) is 7.50. The van der Waals surface area contributed by atoms with E-state index in [0.29, 0.717) is 11.3 Å². The van der Waals surface area contributed by atoms with Crippen molar-refractivity contribution in [3.63, 3.8) is 0 Å². The van der Waals surface area contributed by atoms with Crippen LogP contribution in [0.2, 0.25) is 0 Å². The van der Waals surface area contributed by atoms with E-state index in [-0.39, 0.29) is 4.90 Å². The summed E-state index contributed by atoms with van der Waals surface area (Å²) < 4.78 is 29.6. The molecule has 0 aliphatic heterocycles. The highest BCUT2D eigenvalue weighted by Gasteiger charge is 2.21. The van der Waals surface area contributed by atoms with Crippen molar-refractivity contribution < 1.29 is 8.42 Å². The molecular weight excluding hydrogens is 426 g/mol. The van der Waals surface area contributed by atoms with E-state index >= 15 is 0 Å². The van der Waals surface area contributed by atoms with Gasteiger partial charge in [0.2, 0.25) is 0 Å². The molecule has 0 heterocycles. The lowest BCUT2D eigenvalue weighted by Gasteiger charge is -2.15. The Hall–Kier alpha value is -3.63. The Labute approximate surface area is 195 Å². The van der Waals surface area contributed by atoms with Gasteiger partial charge in [0.25, 0.3) is 10.0 Å². The van der Waals surface area contributed by atoms with Crippen molar-refractivity contribution in [3.05, 3.63) is 130 Å². The number of hydrogen-bond donors (Lipinski definition) is 1. The summed E-state index contributed by atoms with van der Waals surface area (Å²) in [5.41, 5.74) is 8.03. The Morgan fingerprint density at radius 3 is 1.94 bits per heavy atom. The molecule has 3 nitrogen and oxygen atoms in total. The van der Waals surface area contributed by atoms with Crippen molar-refractivity contribution in [3.8, 4) is 0 Å². The second-order valence-electron chi connectivity index (χ2n) is 8.39. The van der Waals surface area contributed by atoms with Crippen LogP contribution in [0.15, 0.2) is 102 Å². The second-order valence-corrected chi connectivity index (χ2v) is 10.0. The van der Waals surface area contributed by atoms with Gasteiger partial charge in [-0.05, 0) is 83.0 Å². The summed E-state index contributed by atoms with van der Waals surface area (Å²) in [5, 5.41) is 0. The molecule has 0 spiro atoms.